The van der Waals surface area contributed by atoms with Crippen molar-refractivity contribution in [3.05, 3.63) is 85.1 Å². The molecule has 0 amide bonds. The van der Waals surface area contributed by atoms with Crippen LogP contribution in [0.15, 0.2) is 61.9 Å². The van der Waals surface area contributed by atoms with Crippen molar-refractivity contribution in [2.75, 3.05) is 7.04 Å². The number of aryl methyl sites for hydroxylation is 1. The Kier molecular flexibility index (Phi) is 8.44. The van der Waals surface area contributed by atoms with Crippen molar-refractivity contribution >= 4 is 45.1 Å². The second-order valence-corrected chi connectivity index (χ2v) is 9.54. The zero-order valence-electron chi connectivity index (χ0n) is 22.5. The monoisotopic (exact) mass is 594 g/mol. The van der Waals surface area contributed by atoms with E-state index in [0.717, 1.165) is 11.3 Å². The highest BCUT2D eigenvalue weighted by Crippen LogP contribution is 2.30. The minimum atomic E-state index is -2.78. The number of allylic oxidation sites excluding steroid dienone is 2. The third-order valence-corrected chi connectivity index (χ3v) is 6.31. The number of carbonyl (C=O) groups is 2. The number of ether oxygens (including phenoxy) is 2. The van der Waals surface area contributed by atoms with Crippen LogP contribution in [-0.2, 0) is 16.0 Å². The summed E-state index contributed by atoms with van der Waals surface area (Å²) < 4.78 is 49.3. The summed E-state index contributed by atoms with van der Waals surface area (Å²) in [6.07, 6.45) is 7.12. The molecule has 0 aliphatic rings. The van der Waals surface area contributed by atoms with Crippen LogP contribution < -0.4 is 10.4 Å². The normalized spacial score (nSPS) is 13.2. The Morgan fingerprint density at radius 1 is 1.32 bits per heavy atom. The molecule has 3 aromatic rings. The van der Waals surface area contributed by atoms with Crippen molar-refractivity contribution in [1.29, 1.82) is 0 Å². The van der Waals surface area contributed by atoms with Gasteiger partial charge in [-0.15, -0.1) is 0 Å². The van der Waals surface area contributed by atoms with Gasteiger partial charge in [0.15, 0.2) is 5.78 Å². The van der Waals surface area contributed by atoms with Gasteiger partial charge in [-0.25, -0.2) is 14.2 Å². The number of aromatic nitrogens is 1. The number of hydrogen-bond donors (Lipinski definition) is 1. The van der Waals surface area contributed by atoms with E-state index in [2.05, 4.69) is 25.7 Å². The Morgan fingerprint density at radius 2 is 2.14 bits per heavy atom. The Morgan fingerprint density at radius 3 is 2.86 bits per heavy atom. The van der Waals surface area contributed by atoms with Gasteiger partial charge in [0.1, 0.15) is 28.6 Å². The zero-order valence-corrected chi connectivity index (χ0v) is 21.9. The highest BCUT2D eigenvalue weighted by Gasteiger charge is 2.21. The van der Waals surface area contributed by atoms with Crippen LogP contribution in [0.3, 0.4) is 0 Å². The zero-order chi connectivity index (χ0) is 29.4. The molecule has 2 heterocycles. The number of ketones is 1. The molecule has 1 aromatic carbocycles. The molecule has 0 atom stereocenters. The topological polar surface area (TPSA) is 116 Å². The minimum Gasteiger partial charge on any atom is -0.507 e. The molecular formula is C26H23BrFNO7S. The third-order valence-electron chi connectivity index (χ3n) is 4.88. The Bertz CT molecular complexity index is 1510. The van der Waals surface area contributed by atoms with Gasteiger partial charge in [0, 0.05) is 18.7 Å². The summed E-state index contributed by atoms with van der Waals surface area (Å²) >= 11 is 4.20. The number of halogens is 2. The van der Waals surface area contributed by atoms with E-state index in [1.54, 1.807) is 6.08 Å². The summed E-state index contributed by atoms with van der Waals surface area (Å²) in [5.41, 5.74) is -1.33. The molecule has 3 rings (SSSR count). The van der Waals surface area contributed by atoms with E-state index in [1.807, 2.05) is 0 Å². The van der Waals surface area contributed by atoms with Crippen molar-refractivity contribution in [3.8, 4) is 16.7 Å². The number of benzene rings is 1. The van der Waals surface area contributed by atoms with E-state index in [1.165, 1.54) is 49.5 Å². The average molecular weight is 595 g/mol. The van der Waals surface area contributed by atoms with Crippen LogP contribution in [-0.4, -0.2) is 28.9 Å². The Hall–Kier alpha value is -3.57. The van der Waals surface area contributed by atoms with Gasteiger partial charge in [-0.2, -0.15) is 0 Å². The van der Waals surface area contributed by atoms with Crippen LogP contribution in [0.5, 0.6) is 16.7 Å². The molecular weight excluding hydrogens is 569 g/mol. The molecule has 37 heavy (non-hydrogen) atoms. The molecule has 0 radical (unpaired) electrons. The van der Waals surface area contributed by atoms with Gasteiger partial charge < -0.3 is 19.0 Å². The second-order valence-electron chi connectivity index (χ2n) is 7.67. The highest BCUT2D eigenvalue weighted by molar-refractivity contribution is 9.10. The lowest BCUT2D eigenvalue weighted by Crippen LogP contribution is -2.16. The van der Waals surface area contributed by atoms with Gasteiger partial charge in [-0.1, -0.05) is 23.5 Å². The molecule has 1 N–H and O–H groups in total. The van der Waals surface area contributed by atoms with Crippen molar-refractivity contribution in [3.63, 3.8) is 0 Å². The van der Waals surface area contributed by atoms with E-state index < -0.39 is 41.5 Å². The molecule has 0 saturated heterocycles. The van der Waals surface area contributed by atoms with Crippen molar-refractivity contribution in [2.45, 2.75) is 32.6 Å². The Labute approximate surface area is 228 Å². The molecule has 8 nitrogen and oxygen atoms in total. The number of methoxy groups -OCH3 is 1. The first-order chi connectivity index (χ1) is 18.8. The fraction of sp³-hybridized carbons (Fsp3) is 0.231. The predicted octanol–water partition coefficient (Wildman–Crippen LogP) is 6.22. The molecule has 0 aliphatic heterocycles. The van der Waals surface area contributed by atoms with Crippen molar-refractivity contribution in [2.24, 2.45) is 0 Å². The van der Waals surface area contributed by atoms with Crippen LogP contribution in [0.4, 0.5) is 4.39 Å². The average Bonchev–Trinajstić information content (AvgIpc) is 3.28. The van der Waals surface area contributed by atoms with Crippen LogP contribution in [0, 0.1) is 5.82 Å². The smallest absolute Gasteiger partial charge is 0.351 e. The summed E-state index contributed by atoms with van der Waals surface area (Å²) in [5.74, 6) is -2.01. The van der Waals surface area contributed by atoms with Crippen LogP contribution in [0.2, 0.25) is 0 Å². The maximum atomic E-state index is 13.4. The third kappa shape index (κ3) is 7.96. The number of nitrogens with zero attached hydrogens (tertiary/aromatic N) is 1. The summed E-state index contributed by atoms with van der Waals surface area (Å²) in [7, 11) is -2.78. The molecule has 0 aliphatic carbocycles. The molecule has 0 spiro atoms. The summed E-state index contributed by atoms with van der Waals surface area (Å²) in [6.45, 7) is 1.48. The number of hydrogen-bond acceptors (Lipinski definition) is 9. The molecule has 0 bridgehead atoms. The maximum absolute atomic E-state index is 13.4. The first kappa shape index (κ1) is 23.8. The molecule has 0 unspecified atom stereocenters. The lowest BCUT2D eigenvalue weighted by molar-refractivity contribution is -0.139. The fourth-order valence-corrected chi connectivity index (χ4v) is 4.24. The first-order valence-electron chi connectivity index (χ1n) is 12.4. The SMILES string of the molecule is [2H]C([2H])([2H])OC(=O)C/C=C/CCCc1cc(O)c(C(=O)/C(C)=C/c2cnc(Oc3ccc(F)c(Br)c3)s2)c(=O)o1. The number of Topliss-reactive ketones (excluding diaryl/α,β-unsaturated/α-hetero) is 1. The Balaban J connectivity index is 1.58. The lowest BCUT2D eigenvalue weighted by Gasteiger charge is -2.05. The largest absolute Gasteiger partial charge is 0.507 e. The number of esters is 1. The number of rotatable bonds is 11. The fourth-order valence-electron chi connectivity index (χ4n) is 3.10. The first-order valence-corrected chi connectivity index (χ1v) is 12.5. The summed E-state index contributed by atoms with van der Waals surface area (Å²) in [5, 5.41) is 10.6. The van der Waals surface area contributed by atoms with E-state index in [9.17, 15) is 23.9 Å². The molecule has 0 saturated carbocycles. The van der Waals surface area contributed by atoms with Gasteiger partial charge in [0.25, 0.3) is 5.19 Å². The van der Waals surface area contributed by atoms with E-state index >= 15 is 0 Å². The van der Waals surface area contributed by atoms with Gasteiger partial charge >= 0.3 is 11.6 Å². The highest BCUT2D eigenvalue weighted by atomic mass is 79.9. The lowest BCUT2D eigenvalue weighted by atomic mass is 10.0. The molecule has 0 fully saturated rings. The van der Waals surface area contributed by atoms with Gasteiger partial charge in [-0.3, -0.25) is 9.59 Å². The van der Waals surface area contributed by atoms with E-state index in [4.69, 9.17) is 13.3 Å². The molecule has 2 aromatic heterocycles. The van der Waals surface area contributed by atoms with Crippen molar-refractivity contribution < 1.29 is 37.1 Å². The van der Waals surface area contributed by atoms with E-state index in [0.29, 0.717) is 23.5 Å². The van der Waals surface area contributed by atoms with Crippen molar-refractivity contribution in [1.82, 2.24) is 4.98 Å². The van der Waals surface area contributed by atoms with Gasteiger partial charge in [0.05, 0.1) is 26.9 Å². The maximum Gasteiger partial charge on any atom is 0.351 e. The number of aromatic hydroxyl groups is 1. The van der Waals surface area contributed by atoms with Crippen LogP contribution in [0.1, 0.15) is 51.3 Å². The summed E-state index contributed by atoms with van der Waals surface area (Å²) in [6, 6.07) is 5.34. The standard InChI is InChI=1S/C26H23BrFNO7S/c1-15(11-18-14-29-26(37-18)36-17-9-10-20(28)19(27)12-17)24(32)23-21(30)13-16(35-25(23)33)7-5-3-4-6-8-22(31)34-2/h4,6,9-14,30H,3,5,7-8H2,1-2H3/b6-4+,15-11+/i2D3. The quantitative estimate of drug-likeness (QED) is 0.0913. The molecule has 11 heteroatoms. The number of unbranched alkanes of at least 4 members (excludes halogenated alkanes) is 1. The number of thiazole rings is 1. The van der Waals surface area contributed by atoms with Gasteiger partial charge in [0.2, 0.25) is 0 Å². The van der Waals surface area contributed by atoms with Crippen LogP contribution >= 0.6 is 27.3 Å². The number of carbonyl (C=O) groups excluding carboxylic acids is 2. The van der Waals surface area contributed by atoms with E-state index in [-0.39, 0.29) is 33.8 Å². The molecule has 194 valence electrons. The second kappa shape index (κ2) is 13.1. The minimum absolute atomic E-state index is 0.150. The van der Waals surface area contributed by atoms with Gasteiger partial charge in [-0.05, 0) is 65.5 Å². The van der Waals surface area contributed by atoms with Crippen LogP contribution in [0.25, 0.3) is 6.08 Å². The predicted molar refractivity (Wildman–Crippen MR) is 140 cm³/mol. The summed E-state index contributed by atoms with van der Waals surface area (Å²) in [4.78, 5) is 41.4.